The number of hydrogen-bond acceptors (Lipinski definition) is 17. The van der Waals surface area contributed by atoms with Crippen molar-refractivity contribution in [2.45, 2.75) is 75.5 Å². The number of halogens is 6. The van der Waals surface area contributed by atoms with Crippen LogP contribution in [0, 0.1) is 41.8 Å². The number of nitrogen functional groups attached to an aromatic ring is 1. The van der Waals surface area contributed by atoms with Crippen LogP contribution in [0.1, 0.15) is 105 Å². The third-order valence-electron chi connectivity index (χ3n) is 20.0. The first-order chi connectivity index (χ1) is 49.4. The third-order valence-corrected chi connectivity index (χ3v) is 23.3. The maximum absolute atomic E-state index is 15.1. The zero-order valence-corrected chi connectivity index (χ0v) is 56.5. The predicted molar refractivity (Wildman–Crippen MR) is 367 cm³/mol. The second kappa shape index (κ2) is 26.5. The van der Waals surface area contributed by atoms with Gasteiger partial charge in [-0.05, 0) is 76.7 Å². The first kappa shape index (κ1) is 66.6. The van der Waals surface area contributed by atoms with Gasteiger partial charge in [-0.15, -0.1) is 35.3 Å². The van der Waals surface area contributed by atoms with E-state index in [-0.39, 0.29) is 94.8 Å². The van der Waals surface area contributed by atoms with Crippen molar-refractivity contribution in [3.63, 3.8) is 0 Å². The maximum Gasteiger partial charge on any atom is 0.278 e. The second-order valence-electron chi connectivity index (χ2n) is 25.3. The number of nitrogens with zero attached hydrogens (tertiary/aromatic N) is 9. The molecule has 3 aromatic heterocycles. The molecule has 0 radical (unpaired) electrons. The van der Waals surface area contributed by atoms with Crippen molar-refractivity contribution in [1.82, 2.24) is 28.7 Å². The largest absolute Gasteiger partial charge is 0.502 e. The number of benzene rings is 6. The maximum atomic E-state index is 15.1. The molecule has 9 aliphatic rings. The highest BCUT2D eigenvalue weighted by atomic mass is 32.2. The highest BCUT2D eigenvalue weighted by Gasteiger charge is 2.50. The van der Waals surface area contributed by atoms with E-state index < -0.39 is 94.0 Å². The van der Waals surface area contributed by atoms with Gasteiger partial charge in [0.1, 0.15) is 29.9 Å². The van der Waals surface area contributed by atoms with Gasteiger partial charge < -0.3 is 39.8 Å². The van der Waals surface area contributed by atoms with E-state index in [1.165, 1.54) is 70.6 Å². The zero-order chi connectivity index (χ0) is 70.7. The van der Waals surface area contributed by atoms with Crippen LogP contribution >= 0.6 is 35.3 Å². The topological polar surface area (TPSA) is 211 Å². The van der Waals surface area contributed by atoms with Gasteiger partial charge in [-0.25, -0.2) is 26.3 Å². The molecule has 6 aromatic carbocycles. The Morgan fingerprint density at radius 2 is 0.745 bits per heavy atom. The summed E-state index contributed by atoms with van der Waals surface area (Å²) < 4.78 is 110. The van der Waals surface area contributed by atoms with E-state index in [0.29, 0.717) is 60.7 Å². The number of nitrogens with two attached hydrogens (primary N) is 1. The molecule has 3 saturated heterocycles. The van der Waals surface area contributed by atoms with Crippen molar-refractivity contribution in [2.75, 3.05) is 80.0 Å². The van der Waals surface area contributed by atoms with Gasteiger partial charge in [0, 0.05) is 111 Å². The number of hydrogen-bond donors (Lipinski definition) is 2. The summed E-state index contributed by atoms with van der Waals surface area (Å²) in [6.45, 7) is 4.27. The molecule has 3 amide bonds. The molecule has 29 heteroatoms. The number of thioether (sulfide) groups is 3. The van der Waals surface area contributed by atoms with Gasteiger partial charge >= 0.3 is 0 Å². The number of rotatable bonds is 3. The van der Waals surface area contributed by atoms with Crippen molar-refractivity contribution in [3.8, 4) is 5.75 Å². The average Bonchev–Trinajstić information content (AvgIpc) is 1.07. The Kier molecular flexibility index (Phi) is 17.3. The minimum atomic E-state index is -0.929. The number of carbonyl (C=O) groups is 3. The van der Waals surface area contributed by atoms with Crippen LogP contribution in [-0.2, 0) is 31.5 Å². The normalized spacial score (nSPS) is 21.3. The first-order valence-electron chi connectivity index (χ1n) is 32.7. The van der Waals surface area contributed by atoms with Crippen LogP contribution in [0.15, 0.2) is 175 Å². The van der Waals surface area contributed by atoms with Crippen LogP contribution < -0.4 is 37.0 Å². The molecule has 0 bridgehead atoms. The molecule has 3 fully saturated rings. The van der Waals surface area contributed by atoms with Crippen LogP contribution in [0.5, 0.6) is 5.75 Å². The van der Waals surface area contributed by atoms with Crippen LogP contribution in [-0.4, -0.2) is 129 Å². The molecule has 0 saturated carbocycles. The summed E-state index contributed by atoms with van der Waals surface area (Å²) in [6.07, 6.45) is 2.90. The molecule has 9 aliphatic heterocycles. The van der Waals surface area contributed by atoms with E-state index in [2.05, 4.69) is 0 Å². The molecular formula is C73H60F6N10O10S3. The molecule has 0 spiro atoms. The fraction of sp³-hybridized carbons (Fsp3) is 0.260. The Bertz CT molecular complexity index is 4680. The second-order valence-corrected chi connectivity index (χ2v) is 28.3. The van der Waals surface area contributed by atoms with E-state index in [1.807, 2.05) is 87.8 Å². The van der Waals surface area contributed by atoms with Gasteiger partial charge in [-0.3, -0.25) is 57.8 Å². The van der Waals surface area contributed by atoms with Gasteiger partial charge in [0.05, 0.1) is 57.8 Å². The number of anilines is 1. The predicted octanol–water partition coefficient (Wildman–Crippen LogP) is 9.41. The molecule has 0 aliphatic carbocycles. The van der Waals surface area contributed by atoms with E-state index in [4.69, 9.17) is 19.9 Å². The number of ether oxygens (including phenoxy) is 3. The first-order valence-corrected chi connectivity index (χ1v) is 35.6. The Morgan fingerprint density at radius 1 is 0.412 bits per heavy atom. The van der Waals surface area contributed by atoms with Crippen molar-refractivity contribution < 1.29 is 60.0 Å². The smallest absolute Gasteiger partial charge is 0.278 e. The fourth-order valence-corrected chi connectivity index (χ4v) is 18.5. The molecular weight excluding hydrogens is 1390 g/mol. The molecule has 3 N–H and O–H groups in total. The standard InChI is InChI=1S/C25H21F2N3O3S.C24H20F2N4O3S.C24H19F2N3O4S/c1-14-19(31)8-9-29-23(14)25(32)28-10-11-33-12-21(28)30(29)24-15-6-7-18(26)22(27)17(15)13-34-20-5-3-2-4-16(20)24;25-16-6-5-13-15(20(16)26)12-34-18-4-2-1-3-14(18)22(13)30-19-11-33-10-9-28(19)24(32)23-21(27)17(31)7-8-29(23)30;25-16-6-5-13-15(20(16)26)12-34-18-4-2-1-3-14(18)21(13)29-19-11-33-10-9-27(19)24(32)22-23(31)17(30)7-8-28(22)29/h2-9,21,24H,10-13H2,1H3;1-8,19,22H,9-12,27H2;1-8,19,21,31H,9-12H2/t21-,24+;19-,22+;19-,21+/m111/s1. The minimum Gasteiger partial charge on any atom is -0.502 e. The summed E-state index contributed by atoms with van der Waals surface area (Å²) >= 11 is 4.29. The number of carbonyl (C=O) groups excluding carboxylic acids is 3. The lowest BCUT2D eigenvalue weighted by molar-refractivity contribution is -0.0198. The summed E-state index contributed by atoms with van der Waals surface area (Å²) in [5, 5.41) is 16.3. The number of amides is 3. The molecule has 102 heavy (non-hydrogen) atoms. The van der Waals surface area contributed by atoms with E-state index in [1.54, 1.807) is 55.4 Å². The fourth-order valence-electron chi connectivity index (χ4n) is 15.2. The number of aromatic nitrogens is 3. The van der Waals surface area contributed by atoms with Gasteiger partial charge in [0.2, 0.25) is 10.9 Å². The summed E-state index contributed by atoms with van der Waals surface area (Å²) in [5.41, 5.74) is 10.3. The van der Waals surface area contributed by atoms with Crippen LogP contribution in [0.4, 0.5) is 32.0 Å². The molecule has 9 aromatic rings. The van der Waals surface area contributed by atoms with Crippen LogP contribution in [0.3, 0.4) is 0 Å². The lowest BCUT2D eigenvalue weighted by Crippen LogP contribution is -2.66. The Morgan fingerprint density at radius 3 is 1.15 bits per heavy atom. The highest BCUT2D eigenvalue weighted by molar-refractivity contribution is 7.99. The lowest BCUT2D eigenvalue weighted by atomic mass is 9.93. The van der Waals surface area contributed by atoms with E-state index in [0.717, 1.165) is 49.6 Å². The molecule has 6 atom stereocenters. The van der Waals surface area contributed by atoms with Crippen molar-refractivity contribution in [2.24, 2.45) is 0 Å². The molecule has 18 rings (SSSR count). The summed E-state index contributed by atoms with van der Waals surface area (Å²) in [6, 6.07) is 33.3. The van der Waals surface area contributed by atoms with Crippen LogP contribution in [0.25, 0.3) is 0 Å². The van der Waals surface area contributed by atoms with E-state index in [9.17, 15) is 47.0 Å². The zero-order valence-electron chi connectivity index (χ0n) is 54.0. The molecule has 12 heterocycles. The third kappa shape index (κ3) is 10.8. The van der Waals surface area contributed by atoms with Gasteiger partial charge in [0.25, 0.3) is 17.7 Å². The van der Waals surface area contributed by atoms with Crippen molar-refractivity contribution in [1.29, 1.82) is 0 Å². The number of pyridine rings is 3. The van der Waals surface area contributed by atoms with Crippen molar-refractivity contribution >= 4 is 58.7 Å². The van der Waals surface area contributed by atoms with Gasteiger partial charge in [0.15, 0.2) is 57.5 Å². The average molecular weight is 1450 g/mol. The minimum absolute atomic E-state index is 0.0594. The monoisotopic (exact) mass is 1450 g/mol. The number of aromatic hydroxyl groups is 1. The number of fused-ring (bicyclic) bond motifs is 12. The Hall–Kier alpha value is -9.91. The quantitative estimate of drug-likeness (QED) is 0.158. The lowest BCUT2D eigenvalue weighted by Gasteiger charge is -2.51. The molecule has 20 nitrogen and oxygen atoms in total. The van der Waals surface area contributed by atoms with Gasteiger partial charge in [-0.1, -0.05) is 72.8 Å². The summed E-state index contributed by atoms with van der Waals surface area (Å²) in [7, 11) is 0. The Labute approximate surface area is 589 Å². The number of morpholine rings is 3. The SMILES string of the molecule is Cc1c2n(ccc1=O)N([C@@H]1c3ccccc3SCc3c1ccc(F)c3F)[C@@H]1COCCN1C2=O.Nc1c2n(ccc1=O)N([C@@H]1c3ccccc3SCc3c1ccc(F)c3F)[C@@H]1COCCN1C2=O.O=C1c2c(O)c(=O)ccn2N([C@@H]2c3ccccc3SCc3c2ccc(F)c3F)[C@@H]2COCCN12. The van der Waals surface area contributed by atoms with E-state index >= 15 is 13.2 Å². The molecule has 522 valence electrons. The van der Waals surface area contributed by atoms with Crippen molar-refractivity contribution in [3.05, 3.63) is 284 Å². The summed E-state index contributed by atoms with van der Waals surface area (Å²) in [5.74, 6) is -6.34. The Balaban J connectivity index is 0.000000118. The molecule has 0 unspecified atom stereocenters. The van der Waals surface area contributed by atoms with Crippen LogP contribution in [0.2, 0.25) is 0 Å². The summed E-state index contributed by atoms with van der Waals surface area (Å²) in [4.78, 5) is 85.0. The highest BCUT2D eigenvalue weighted by Crippen LogP contribution is 2.49. The van der Waals surface area contributed by atoms with Gasteiger partial charge in [-0.2, -0.15) is 0 Å².